The van der Waals surface area contributed by atoms with Crippen molar-refractivity contribution in [3.05, 3.63) is 23.9 Å². The van der Waals surface area contributed by atoms with Crippen LogP contribution in [0.2, 0.25) is 0 Å². The lowest BCUT2D eigenvalue weighted by molar-refractivity contribution is 0.630. The van der Waals surface area contributed by atoms with Gasteiger partial charge in [0, 0.05) is 11.7 Å². The number of thiocarbonyl (C=S) groups is 1. The summed E-state index contributed by atoms with van der Waals surface area (Å²) in [5.74, 6) is 0.743. The molecule has 0 bridgehead atoms. The molecule has 1 aromatic heterocycles. The number of nitrogens with zero attached hydrogens (tertiary/aromatic N) is 1. The van der Waals surface area contributed by atoms with E-state index in [1.54, 1.807) is 6.20 Å². The van der Waals surface area contributed by atoms with Gasteiger partial charge in [0.05, 0.1) is 5.56 Å². The van der Waals surface area contributed by atoms with E-state index in [0.29, 0.717) is 4.99 Å². The summed E-state index contributed by atoms with van der Waals surface area (Å²) in [6.07, 6.45) is 1.72. The Labute approximate surface area is 89.7 Å². The predicted octanol–water partition coefficient (Wildman–Crippen LogP) is 1.93. The lowest BCUT2D eigenvalue weighted by Gasteiger charge is -2.22. The molecule has 0 atom stereocenters. The number of nitrogens with one attached hydrogen (secondary N) is 1. The van der Waals surface area contributed by atoms with Crippen LogP contribution in [0, 0.1) is 0 Å². The molecular formula is C10H15N3S. The minimum atomic E-state index is -0.0477. The van der Waals surface area contributed by atoms with Crippen molar-refractivity contribution >= 4 is 23.0 Å². The van der Waals surface area contributed by atoms with E-state index in [2.05, 4.69) is 31.1 Å². The predicted molar refractivity (Wildman–Crippen MR) is 63.5 cm³/mol. The van der Waals surface area contributed by atoms with Crippen molar-refractivity contribution in [1.29, 1.82) is 0 Å². The average Bonchev–Trinajstić information content (AvgIpc) is 2.01. The van der Waals surface area contributed by atoms with Crippen molar-refractivity contribution in [3.8, 4) is 0 Å². The van der Waals surface area contributed by atoms with Gasteiger partial charge in [-0.2, -0.15) is 0 Å². The topological polar surface area (TPSA) is 50.9 Å². The second-order valence-electron chi connectivity index (χ2n) is 4.14. The molecule has 4 heteroatoms. The Morgan fingerprint density at radius 1 is 1.50 bits per heavy atom. The molecule has 0 saturated heterocycles. The Morgan fingerprint density at radius 3 is 2.64 bits per heavy atom. The van der Waals surface area contributed by atoms with Crippen LogP contribution in [0.4, 0.5) is 5.82 Å². The minimum Gasteiger partial charge on any atom is -0.389 e. The number of rotatable bonds is 2. The first-order valence-corrected chi connectivity index (χ1v) is 4.84. The highest BCUT2D eigenvalue weighted by Gasteiger charge is 2.13. The van der Waals surface area contributed by atoms with Gasteiger partial charge in [-0.3, -0.25) is 0 Å². The summed E-state index contributed by atoms with van der Waals surface area (Å²) in [5, 5.41) is 3.25. The Morgan fingerprint density at radius 2 is 2.14 bits per heavy atom. The molecule has 0 aliphatic rings. The van der Waals surface area contributed by atoms with Gasteiger partial charge in [-0.05, 0) is 32.9 Å². The van der Waals surface area contributed by atoms with Crippen LogP contribution in [0.1, 0.15) is 26.3 Å². The second kappa shape index (κ2) is 3.92. The molecule has 1 rings (SSSR count). The molecule has 0 spiro atoms. The zero-order chi connectivity index (χ0) is 10.8. The van der Waals surface area contributed by atoms with Gasteiger partial charge < -0.3 is 11.1 Å². The van der Waals surface area contributed by atoms with Crippen LogP contribution >= 0.6 is 12.2 Å². The number of hydrogen-bond donors (Lipinski definition) is 2. The zero-order valence-electron chi connectivity index (χ0n) is 8.66. The van der Waals surface area contributed by atoms with Crippen LogP contribution < -0.4 is 11.1 Å². The molecular weight excluding hydrogens is 194 g/mol. The van der Waals surface area contributed by atoms with Gasteiger partial charge in [0.2, 0.25) is 0 Å². The molecule has 1 heterocycles. The molecule has 0 radical (unpaired) electrons. The molecule has 0 aliphatic heterocycles. The highest BCUT2D eigenvalue weighted by molar-refractivity contribution is 7.80. The van der Waals surface area contributed by atoms with Crippen LogP contribution in [0.25, 0.3) is 0 Å². The molecule has 1 aromatic rings. The monoisotopic (exact) mass is 209 g/mol. The SMILES string of the molecule is CC(C)(C)Nc1ncccc1C(N)=S. The van der Waals surface area contributed by atoms with Crippen molar-refractivity contribution in [1.82, 2.24) is 4.98 Å². The van der Waals surface area contributed by atoms with E-state index >= 15 is 0 Å². The molecule has 0 unspecified atom stereocenters. The molecule has 0 fully saturated rings. The van der Waals surface area contributed by atoms with E-state index in [4.69, 9.17) is 18.0 Å². The fourth-order valence-corrected chi connectivity index (χ4v) is 1.22. The second-order valence-corrected chi connectivity index (χ2v) is 4.58. The first-order valence-electron chi connectivity index (χ1n) is 4.43. The lowest BCUT2D eigenvalue weighted by atomic mass is 10.1. The van der Waals surface area contributed by atoms with E-state index in [9.17, 15) is 0 Å². The van der Waals surface area contributed by atoms with Crippen LogP contribution in [0.5, 0.6) is 0 Å². The first-order chi connectivity index (χ1) is 6.40. The molecule has 0 saturated carbocycles. The summed E-state index contributed by atoms with van der Waals surface area (Å²) < 4.78 is 0. The third-order valence-corrected chi connectivity index (χ3v) is 1.79. The highest BCUT2D eigenvalue weighted by atomic mass is 32.1. The molecule has 14 heavy (non-hydrogen) atoms. The van der Waals surface area contributed by atoms with Crippen molar-refractivity contribution in [2.75, 3.05) is 5.32 Å². The molecule has 3 N–H and O–H groups in total. The van der Waals surface area contributed by atoms with Gasteiger partial charge in [0.15, 0.2) is 0 Å². The normalized spacial score (nSPS) is 11.1. The fourth-order valence-electron chi connectivity index (χ4n) is 1.06. The maximum atomic E-state index is 5.58. The summed E-state index contributed by atoms with van der Waals surface area (Å²) >= 11 is 4.94. The van der Waals surface area contributed by atoms with E-state index < -0.39 is 0 Å². The Bertz CT molecular complexity index is 341. The molecule has 0 aromatic carbocycles. The quantitative estimate of drug-likeness (QED) is 0.731. The maximum absolute atomic E-state index is 5.58. The molecule has 0 aliphatic carbocycles. The van der Waals surface area contributed by atoms with Crippen LogP contribution in [-0.2, 0) is 0 Å². The number of aromatic nitrogens is 1. The third-order valence-electron chi connectivity index (χ3n) is 1.57. The number of hydrogen-bond acceptors (Lipinski definition) is 3. The standard InChI is InChI=1S/C10H15N3S/c1-10(2,3)13-9-7(8(11)14)5-4-6-12-9/h4-6H,1-3H3,(H2,11,14)(H,12,13). The van der Waals surface area contributed by atoms with Gasteiger partial charge in [-0.1, -0.05) is 12.2 Å². The number of nitrogens with two attached hydrogens (primary N) is 1. The van der Waals surface area contributed by atoms with Gasteiger partial charge >= 0.3 is 0 Å². The van der Waals surface area contributed by atoms with E-state index in [0.717, 1.165) is 11.4 Å². The average molecular weight is 209 g/mol. The third kappa shape index (κ3) is 2.96. The Hall–Kier alpha value is -1.16. The van der Waals surface area contributed by atoms with Gasteiger partial charge in [-0.15, -0.1) is 0 Å². The van der Waals surface area contributed by atoms with Crippen LogP contribution in [0.15, 0.2) is 18.3 Å². The number of anilines is 1. The highest BCUT2D eigenvalue weighted by Crippen LogP contribution is 2.16. The zero-order valence-corrected chi connectivity index (χ0v) is 9.48. The number of pyridine rings is 1. The van der Waals surface area contributed by atoms with E-state index in [-0.39, 0.29) is 5.54 Å². The van der Waals surface area contributed by atoms with Crippen LogP contribution in [0.3, 0.4) is 0 Å². The Kier molecular flexibility index (Phi) is 3.06. The summed E-state index contributed by atoms with van der Waals surface area (Å²) in [6.45, 7) is 6.18. The molecule has 0 amide bonds. The first kappa shape index (κ1) is 10.9. The van der Waals surface area contributed by atoms with E-state index in [1.165, 1.54) is 0 Å². The molecule has 3 nitrogen and oxygen atoms in total. The van der Waals surface area contributed by atoms with Gasteiger partial charge in [-0.25, -0.2) is 4.98 Å². The summed E-state index contributed by atoms with van der Waals surface area (Å²) in [5.41, 5.74) is 6.33. The van der Waals surface area contributed by atoms with Crippen molar-refractivity contribution < 1.29 is 0 Å². The van der Waals surface area contributed by atoms with Gasteiger partial charge in [0.25, 0.3) is 0 Å². The smallest absolute Gasteiger partial charge is 0.136 e. The van der Waals surface area contributed by atoms with Crippen molar-refractivity contribution in [2.24, 2.45) is 5.73 Å². The maximum Gasteiger partial charge on any atom is 0.136 e. The lowest BCUT2D eigenvalue weighted by Crippen LogP contribution is -2.28. The van der Waals surface area contributed by atoms with Crippen molar-refractivity contribution in [2.45, 2.75) is 26.3 Å². The Balaban J connectivity index is 3.02. The van der Waals surface area contributed by atoms with Gasteiger partial charge in [0.1, 0.15) is 10.8 Å². The molecule has 76 valence electrons. The summed E-state index contributed by atoms with van der Waals surface area (Å²) in [6, 6.07) is 3.69. The van der Waals surface area contributed by atoms with Crippen molar-refractivity contribution in [3.63, 3.8) is 0 Å². The summed E-state index contributed by atoms with van der Waals surface area (Å²) in [7, 11) is 0. The minimum absolute atomic E-state index is 0.0477. The fraction of sp³-hybridized carbons (Fsp3) is 0.400. The largest absolute Gasteiger partial charge is 0.389 e. The summed E-state index contributed by atoms with van der Waals surface area (Å²) in [4.78, 5) is 4.57. The van der Waals surface area contributed by atoms with E-state index in [1.807, 2.05) is 12.1 Å². The van der Waals surface area contributed by atoms with Crippen LogP contribution in [-0.4, -0.2) is 15.5 Å².